The first kappa shape index (κ1) is 18.1. The number of carbonyl (C=O) groups excluding carboxylic acids is 1. The van der Waals surface area contributed by atoms with Gasteiger partial charge in [0, 0.05) is 17.6 Å². The van der Waals surface area contributed by atoms with Crippen molar-refractivity contribution in [3.05, 3.63) is 82.0 Å². The smallest absolute Gasteiger partial charge is 0.420 e. The summed E-state index contributed by atoms with van der Waals surface area (Å²) in [6.07, 6.45) is 0. The molecule has 0 aliphatic rings. The lowest BCUT2D eigenvalue weighted by Crippen LogP contribution is -2.32. The number of likely N-dealkylation sites (N-methyl/N-ethyl adjacent to an activating group) is 1. The number of carbonyl (C=O) groups is 1. The van der Waals surface area contributed by atoms with Crippen LogP contribution in [0.15, 0.2) is 74.3 Å². The molecule has 2 aromatic carbocycles. The quantitative estimate of drug-likeness (QED) is 0.507. The van der Waals surface area contributed by atoms with Gasteiger partial charge in [0.2, 0.25) is 5.91 Å². The van der Waals surface area contributed by atoms with Crippen LogP contribution in [0, 0.1) is 0 Å². The van der Waals surface area contributed by atoms with E-state index in [2.05, 4.69) is 0 Å². The summed E-state index contributed by atoms with van der Waals surface area (Å²) in [4.78, 5) is 26.1. The predicted molar refractivity (Wildman–Crippen MR) is 106 cm³/mol. The number of amides is 1. The Labute approximate surface area is 165 Å². The number of para-hydroxylation sites is 2. The summed E-state index contributed by atoms with van der Waals surface area (Å²) in [6.45, 7) is 0.189. The standard InChI is InChI=1S/C21H17ClN2O4/c1-23(12-16-10-11-18(27-16)14-6-8-15(22)9-7-14)20(25)13-24-17-4-2-3-5-19(17)28-21(24)26/h2-11H,12-13H2,1H3. The number of furan rings is 1. The number of oxazole rings is 1. The zero-order chi connectivity index (χ0) is 19.7. The Bertz CT molecular complexity index is 1190. The molecule has 0 atom stereocenters. The van der Waals surface area contributed by atoms with Crippen molar-refractivity contribution in [3.63, 3.8) is 0 Å². The van der Waals surface area contributed by atoms with Crippen LogP contribution in [0.5, 0.6) is 0 Å². The molecule has 6 nitrogen and oxygen atoms in total. The van der Waals surface area contributed by atoms with E-state index in [0.29, 0.717) is 27.6 Å². The molecule has 2 heterocycles. The number of halogens is 1. The van der Waals surface area contributed by atoms with Crippen molar-refractivity contribution in [1.29, 1.82) is 0 Å². The molecule has 0 spiro atoms. The SMILES string of the molecule is CN(Cc1ccc(-c2ccc(Cl)cc2)o1)C(=O)Cn1c(=O)oc2ccccc21. The van der Waals surface area contributed by atoms with E-state index >= 15 is 0 Å². The van der Waals surface area contributed by atoms with Crippen molar-refractivity contribution in [2.45, 2.75) is 13.1 Å². The normalized spacial score (nSPS) is 11.1. The fourth-order valence-electron chi connectivity index (χ4n) is 2.97. The number of benzene rings is 2. The molecule has 0 aliphatic carbocycles. The molecule has 4 rings (SSSR count). The van der Waals surface area contributed by atoms with Crippen LogP contribution in [0.1, 0.15) is 5.76 Å². The number of rotatable bonds is 5. The average Bonchev–Trinajstić information content (AvgIpc) is 3.27. The van der Waals surface area contributed by atoms with Crippen molar-refractivity contribution < 1.29 is 13.6 Å². The van der Waals surface area contributed by atoms with Crippen LogP contribution in [-0.2, 0) is 17.9 Å². The number of hydrogen-bond donors (Lipinski definition) is 0. The lowest BCUT2D eigenvalue weighted by molar-refractivity contribution is -0.131. The molecule has 0 bridgehead atoms. The monoisotopic (exact) mass is 396 g/mol. The molecule has 0 saturated carbocycles. The van der Waals surface area contributed by atoms with Gasteiger partial charge in [-0.25, -0.2) is 4.79 Å². The summed E-state index contributed by atoms with van der Waals surface area (Å²) in [7, 11) is 1.67. The van der Waals surface area contributed by atoms with Crippen molar-refractivity contribution in [3.8, 4) is 11.3 Å². The van der Waals surface area contributed by atoms with Gasteiger partial charge < -0.3 is 13.7 Å². The van der Waals surface area contributed by atoms with Crippen molar-refractivity contribution in [2.75, 3.05) is 7.05 Å². The second-order valence-electron chi connectivity index (χ2n) is 6.44. The van der Waals surface area contributed by atoms with Crippen LogP contribution < -0.4 is 5.76 Å². The van der Waals surface area contributed by atoms with Crippen LogP contribution in [0.4, 0.5) is 0 Å². The Kier molecular flexibility index (Phi) is 4.79. The molecule has 0 aliphatic heterocycles. The topological polar surface area (TPSA) is 68.6 Å². The molecule has 0 unspecified atom stereocenters. The third kappa shape index (κ3) is 3.59. The molecule has 4 aromatic rings. The van der Waals surface area contributed by atoms with Crippen LogP contribution >= 0.6 is 11.6 Å². The molecule has 142 valence electrons. The highest BCUT2D eigenvalue weighted by atomic mass is 35.5. The summed E-state index contributed by atoms with van der Waals surface area (Å²) in [5, 5.41) is 0.655. The summed E-state index contributed by atoms with van der Waals surface area (Å²) in [5.41, 5.74) is 1.96. The summed E-state index contributed by atoms with van der Waals surface area (Å²) >= 11 is 5.91. The maximum Gasteiger partial charge on any atom is 0.420 e. The highest BCUT2D eigenvalue weighted by Crippen LogP contribution is 2.24. The molecular formula is C21H17ClN2O4. The van der Waals surface area contributed by atoms with E-state index in [1.807, 2.05) is 24.3 Å². The maximum absolute atomic E-state index is 12.6. The highest BCUT2D eigenvalue weighted by molar-refractivity contribution is 6.30. The average molecular weight is 397 g/mol. The maximum atomic E-state index is 12.6. The van der Waals surface area contributed by atoms with Crippen molar-refractivity contribution in [2.24, 2.45) is 0 Å². The lowest BCUT2D eigenvalue weighted by Gasteiger charge is -2.15. The zero-order valence-corrected chi connectivity index (χ0v) is 15.8. The van der Waals surface area contributed by atoms with E-state index in [-0.39, 0.29) is 19.0 Å². The molecule has 0 N–H and O–H groups in total. The number of hydrogen-bond acceptors (Lipinski definition) is 4. The number of aromatic nitrogens is 1. The second kappa shape index (κ2) is 7.40. The Morgan fingerprint density at radius 3 is 2.57 bits per heavy atom. The van der Waals surface area contributed by atoms with Crippen molar-refractivity contribution in [1.82, 2.24) is 9.47 Å². The minimum absolute atomic E-state index is 0.100. The van der Waals surface area contributed by atoms with E-state index in [1.165, 1.54) is 9.47 Å². The van der Waals surface area contributed by atoms with E-state index in [0.717, 1.165) is 5.56 Å². The van der Waals surface area contributed by atoms with Crippen LogP contribution in [0.3, 0.4) is 0 Å². The van der Waals surface area contributed by atoms with E-state index < -0.39 is 5.76 Å². The molecule has 28 heavy (non-hydrogen) atoms. The minimum atomic E-state index is -0.550. The molecule has 7 heteroatoms. The summed E-state index contributed by atoms with van der Waals surface area (Å²) < 4.78 is 12.3. The van der Waals surface area contributed by atoms with E-state index in [9.17, 15) is 9.59 Å². The fraction of sp³-hybridized carbons (Fsp3) is 0.143. The van der Waals surface area contributed by atoms with E-state index in [1.54, 1.807) is 43.4 Å². The molecule has 1 amide bonds. The van der Waals surface area contributed by atoms with E-state index in [4.69, 9.17) is 20.4 Å². The Morgan fingerprint density at radius 1 is 1.04 bits per heavy atom. The van der Waals surface area contributed by atoms with Crippen LogP contribution in [0.25, 0.3) is 22.4 Å². The Balaban J connectivity index is 1.47. The molecule has 2 aromatic heterocycles. The van der Waals surface area contributed by atoms with Gasteiger partial charge in [-0.15, -0.1) is 0 Å². The van der Waals surface area contributed by atoms with Crippen LogP contribution in [-0.4, -0.2) is 22.4 Å². The lowest BCUT2D eigenvalue weighted by atomic mass is 10.2. The largest absolute Gasteiger partial charge is 0.459 e. The summed E-state index contributed by atoms with van der Waals surface area (Å²) in [6, 6.07) is 18.0. The molecule has 0 radical (unpaired) electrons. The molecule has 0 fully saturated rings. The van der Waals surface area contributed by atoms with Gasteiger partial charge in [-0.3, -0.25) is 9.36 Å². The Hall–Kier alpha value is -3.25. The second-order valence-corrected chi connectivity index (χ2v) is 6.88. The van der Waals surface area contributed by atoms with Crippen molar-refractivity contribution >= 4 is 28.6 Å². The zero-order valence-electron chi connectivity index (χ0n) is 15.1. The number of nitrogens with zero attached hydrogens (tertiary/aromatic N) is 2. The third-order valence-electron chi connectivity index (χ3n) is 4.48. The van der Waals surface area contributed by atoms with Gasteiger partial charge in [0.05, 0.1) is 12.1 Å². The molecular weight excluding hydrogens is 380 g/mol. The van der Waals surface area contributed by atoms with Gasteiger partial charge in [-0.2, -0.15) is 0 Å². The van der Waals surface area contributed by atoms with Gasteiger partial charge in [-0.05, 0) is 48.5 Å². The Morgan fingerprint density at radius 2 is 1.79 bits per heavy atom. The fourth-order valence-corrected chi connectivity index (χ4v) is 3.10. The van der Waals surface area contributed by atoms with Gasteiger partial charge in [0.15, 0.2) is 5.58 Å². The number of fused-ring (bicyclic) bond motifs is 1. The highest BCUT2D eigenvalue weighted by Gasteiger charge is 2.17. The minimum Gasteiger partial charge on any atom is -0.459 e. The predicted octanol–water partition coefficient (Wildman–Crippen LogP) is 4.17. The first-order valence-electron chi connectivity index (χ1n) is 8.68. The van der Waals surface area contributed by atoms with Gasteiger partial charge >= 0.3 is 5.76 Å². The van der Waals surface area contributed by atoms with Gasteiger partial charge in [-0.1, -0.05) is 23.7 Å². The molecule has 0 saturated heterocycles. The summed E-state index contributed by atoms with van der Waals surface area (Å²) in [5.74, 6) is 0.568. The van der Waals surface area contributed by atoms with Crippen LogP contribution in [0.2, 0.25) is 5.02 Å². The first-order valence-corrected chi connectivity index (χ1v) is 9.06. The van der Waals surface area contributed by atoms with Gasteiger partial charge in [0.25, 0.3) is 0 Å². The third-order valence-corrected chi connectivity index (χ3v) is 4.73. The first-order chi connectivity index (χ1) is 13.5. The van der Waals surface area contributed by atoms with Gasteiger partial charge in [0.1, 0.15) is 18.1 Å².